The highest BCUT2D eigenvalue weighted by atomic mass is 35.5. The molecule has 1 aliphatic rings. The van der Waals surface area contributed by atoms with Crippen molar-refractivity contribution in [1.29, 1.82) is 0 Å². The second-order valence-corrected chi connectivity index (χ2v) is 7.95. The summed E-state index contributed by atoms with van der Waals surface area (Å²) in [6.45, 7) is 1.53. The number of aryl methyl sites for hydroxylation is 1. The van der Waals surface area contributed by atoms with Gasteiger partial charge in [-0.3, -0.25) is 14.5 Å². The first-order valence-electron chi connectivity index (χ1n) is 9.93. The van der Waals surface area contributed by atoms with Crippen molar-refractivity contribution in [1.82, 2.24) is 0 Å². The molecule has 3 aromatic rings. The lowest BCUT2D eigenvalue weighted by atomic mass is 9.94. The number of aromatic hydroxyl groups is 1. The zero-order chi connectivity index (χ0) is 23.9. The second kappa shape index (κ2) is 8.60. The van der Waals surface area contributed by atoms with Crippen LogP contribution in [0.1, 0.15) is 22.7 Å². The molecule has 33 heavy (non-hydrogen) atoms. The van der Waals surface area contributed by atoms with Crippen molar-refractivity contribution in [3.63, 3.8) is 0 Å². The molecule has 0 saturated carbocycles. The molecule has 4 rings (SSSR count). The maximum Gasteiger partial charge on any atom is 0.300 e. The lowest BCUT2D eigenvalue weighted by Gasteiger charge is -2.26. The number of amides is 1. The number of carbonyl (C=O) groups is 2. The van der Waals surface area contributed by atoms with Crippen LogP contribution in [0.3, 0.4) is 0 Å². The molecule has 1 fully saturated rings. The Kier molecular flexibility index (Phi) is 5.82. The van der Waals surface area contributed by atoms with Gasteiger partial charge in [-0.2, -0.15) is 0 Å². The quantitative estimate of drug-likeness (QED) is 0.315. The molecule has 3 aromatic carbocycles. The number of rotatable bonds is 4. The maximum absolute atomic E-state index is 13.8. The number of ether oxygens (including phenoxy) is 1. The predicted octanol–water partition coefficient (Wildman–Crippen LogP) is 5.13. The number of nitrogens with zero attached hydrogens (tertiary/aromatic N) is 1. The third kappa shape index (κ3) is 3.91. The van der Waals surface area contributed by atoms with E-state index in [4.69, 9.17) is 16.3 Å². The van der Waals surface area contributed by atoms with Crippen LogP contribution in [0.15, 0.2) is 66.2 Å². The molecular formula is C25H19ClFNO5. The summed E-state index contributed by atoms with van der Waals surface area (Å²) in [6.07, 6.45) is 0. The topological polar surface area (TPSA) is 87.1 Å². The normalized spacial score (nSPS) is 17.5. The van der Waals surface area contributed by atoms with Crippen LogP contribution in [-0.2, 0) is 9.59 Å². The number of benzene rings is 3. The first-order chi connectivity index (χ1) is 15.7. The van der Waals surface area contributed by atoms with Crippen LogP contribution in [-0.4, -0.2) is 29.0 Å². The molecule has 0 radical (unpaired) electrons. The fraction of sp³-hybridized carbons (Fsp3) is 0.120. The Bertz CT molecular complexity index is 1320. The Hall–Kier alpha value is -3.84. The number of Topliss-reactive ketones (excluding diaryl/α,β-unsaturated/α-hetero) is 1. The van der Waals surface area contributed by atoms with Gasteiger partial charge in [-0.15, -0.1) is 0 Å². The van der Waals surface area contributed by atoms with Crippen LogP contribution < -0.4 is 9.64 Å². The summed E-state index contributed by atoms with van der Waals surface area (Å²) in [5.74, 6) is -2.40. The van der Waals surface area contributed by atoms with Crippen molar-refractivity contribution >= 4 is 34.7 Å². The molecule has 1 amide bonds. The Morgan fingerprint density at radius 3 is 2.52 bits per heavy atom. The van der Waals surface area contributed by atoms with Gasteiger partial charge in [0.25, 0.3) is 11.7 Å². The highest BCUT2D eigenvalue weighted by molar-refractivity contribution is 6.51. The van der Waals surface area contributed by atoms with Crippen LogP contribution in [0, 0.1) is 12.7 Å². The fourth-order valence-electron chi connectivity index (χ4n) is 3.82. The van der Waals surface area contributed by atoms with E-state index < -0.39 is 29.3 Å². The SMILES string of the molecule is COc1cccc(N2C(=O)C(=O)/C(=C(\O)c3ccc(F)c(C)c3)C2c2ccc(O)c(Cl)c2)c1. The molecule has 1 aliphatic heterocycles. The van der Waals surface area contributed by atoms with Crippen LogP contribution in [0.5, 0.6) is 11.5 Å². The van der Waals surface area contributed by atoms with E-state index in [1.54, 1.807) is 24.3 Å². The van der Waals surface area contributed by atoms with Gasteiger partial charge in [-0.1, -0.05) is 23.7 Å². The average Bonchev–Trinajstić information content (AvgIpc) is 3.07. The van der Waals surface area contributed by atoms with Crippen LogP contribution in [0.4, 0.5) is 10.1 Å². The predicted molar refractivity (Wildman–Crippen MR) is 122 cm³/mol. The lowest BCUT2D eigenvalue weighted by Crippen LogP contribution is -2.29. The molecule has 0 aromatic heterocycles. The van der Waals surface area contributed by atoms with E-state index in [2.05, 4.69) is 0 Å². The smallest absolute Gasteiger partial charge is 0.300 e. The van der Waals surface area contributed by atoms with Crippen molar-refractivity contribution in [2.75, 3.05) is 12.0 Å². The summed E-state index contributed by atoms with van der Waals surface area (Å²) in [4.78, 5) is 27.5. The second-order valence-electron chi connectivity index (χ2n) is 7.55. The average molecular weight is 468 g/mol. The van der Waals surface area contributed by atoms with E-state index in [9.17, 15) is 24.2 Å². The molecular weight excluding hydrogens is 449 g/mol. The minimum atomic E-state index is -1.06. The first-order valence-corrected chi connectivity index (χ1v) is 10.3. The summed E-state index contributed by atoms with van der Waals surface area (Å²) in [7, 11) is 1.47. The Balaban J connectivity index is 1.97. The van der Waals surface area contributed by atoms with Gasteiger partial charge in [0.05, 0.1) is 23.7 Å². The van der Waals surface area contributed by atoms with E-state index in [-0.39, 0.29) is 27.5 Å². The molecule has 6 nitrogen and oxygen atoms in total. The third-order valence-electron chi connectivity index (χ3n) is 5.49. The summed E-state index contributed by atoms with van der Waals surface area (Å²) in [6, 6.07) is 13.7. The Labute approximate surface area is 194 Å². The van der Waals surface area contributed by atoms with Crippen LogP contribution in [0.25, 0.3) is 5.76 Å². The zero-order valence-corrected chi connectivity index (χ0v) is 18.4. The van der Waals surface area contributed by atoms with E-state index in [0.29, 0.717) is 17.0 Å². The maximum atomic E-state index is 13.8. The lowest BCUT2D eigenvalue weighted by molar-refractivity contribution is -0.132. The largest absolute Gasteiger partial charge is 0.507 e. The van der Waals surface area contributed by atoms with E-state index in [1.807, 2.05) is 0 Å². The molecule has 8 heteroatoms. The van der Waals surface area contributed by atoms with E-state index >= 15 is 0 Å². The minimum absolute atomic E-state index is 0.0151. The molecule has 1 saturated heterocycles. The van der Waals surface area contributed by atoms with Gasteiger partial charge < -0.3 is 14.9 Å². The number of phenolic OH excluding ortho intramolecular Hbond substituents is 1. The van der Waals surface area contributed by atoms with Crippen molar-refractivity contribution in [3.8, 4) is 11.5 Å². The molecule has 1 atom stereocenters. The van der Waals surface area contributed by atoms with Crippen molar-refractivity contribution in [3.05, 3.63) is 93.8 Å². The van der Waals surface area contributed by atoms with Crippen LogP contribution >= 0.6 is 11.6 Å². The molecule has 0 spiro atoms. The number of anilines is 1. The monoisotopic (exact) mass is 467 g/mol. The summed E-state index contributed by atoms with van der Waals surface area (Å²) in [5, 5.41) is 21.0. The number of carbonyl (C=O) groups excluding carboxylic acids is 2. The summed E-state index contributed by atoms with van der Waals surface area (Å²) in [5.41, 5.74) is 1.02. The number of aliphatic hydroxyl groups excluding tert-OH is 1. The van der Waals surface area contributed by atoms with Crippen LogP contribution in [0.2, 0.25) is 5.02 Å². The first kappa shape index (κ1) is 22.4. The highest BCUT2D eigenvalue weighted by Crippen LogP contribution is 2.44. The number of methoxy groups -OCH3 is 1. The number of hydrogen-bond acceptors (Lipinski definition) is 5. The summed E-state index contributed by atoms with van der Waals surface area (Å²) >= 11 is 6.11. The van der Waals surface area contributed by atoms with Crippen molar-refractivity contribution in [2.24, 2.45) is 0 Å². The minimum Gasteiger partial charge on any atom is -0.507 e. The van der Waals surface area contributed by atoms with Gasteiger partial charge in [0.2, 0.25) is 0 Å². The van der Waals surface area contributed by atoms with Gasteiger partial charge in [0.15, 0.2) is 0 Å². The third-order valence-corrected chi connectivity index (χ3v) is 5.80. The van der Waals surface area contributed by atoms with Gasteiger partial charge in [0.1, 0.15) is 23.1 Å². The van der Waals surface area contributed by atoms with Gasteiger partial charge in [-0.25, -0.2) is 4.39 Å². The zero-order valence-electron chi connectivity index (χ0n) is 17.7. The Morgan fingerprint density at radius 1 is 1.09 bits per heavy atom. The Morgan fingerprint density at radius 2 is 1.85 bits per heavy atom. The summed E-state index contributed by atoms with van der Waals surface area (Å²) < 4.78 is 19.0. The molecule has 168 valence electrons. The van der Waals surface area contributed by atoms with Gasteiger partial charge >= 0.3 is 0 Å². The van der Waals surface area contributed by atoms with Gasteiger partial charge in [0, 0.05) is 17.3 Å². The molecule has 0 bridgehead atoms. The van der Waals surface area contributed by atoms with E-state index in [0.717, 1.165) is 0 Å². The standard InChI is InChI=1S/C25H19ClFNO5/c1-13-10-15(6-8-19(13)27)23(30)21-22(14-7-9-20(29)18(26)11-14)28(25(32)24(21)31)16-4-3-5-17(12-16)33-2/h3-12,22,29-30H,1-2H3/b23-21-. The molecule has 2 N–H and O–H groups in total. The van der Waals surface area contributed by atoms with Crippen molar-refractivity contribution < 1.29 is 28.9 Å². The number of ketones is 1. The van der Waals surface area contributed by atoms with E-state index in [1.165, 1.54) is 55.3 Å². The number of hydrogen-bond donors (Lipinski definition) is 2. The number of phenols is 1. The van der Waals surface area contributed by atoms with Gasteiger partial charge in [-0.05, 0) is 60.5 Å². The van der Waals surface area contributed by atoms with Crippen molar-refractivity contribution in [2.45, 2.75) is 13.0 Å². The molecule has 1 unspecified atom stereocenters. The highest BCUT2D eigenvalue weighted by Gasteiger charge is 2.47. The number of aliphatic hydroxyl groups is 1. The molecule has 1 heterocycles. The number of halogens is 2. The molecule has 0 aliphatic carbocycles. The fourth-order valence-corrected chi connectivity index (χ4v) is 4.00.